The Labute approximate surface area is 109 Å². The van der Waals surface area contributed by atoms with Gasteiger partial charge >= 0.3 is 0 Å². The standard InChI is InChI=1S/C11H17BrN2OS/c1-3-4-11(2,13)10(15)14-6-9-5-8(12)7-16-9/h5,7H,3-4,6,13H2,1-2H3,(H,14,15). The number of hydrogen-bond donors (Lipinski definition) is 2. The van der Waals surface area contributed by atoms with Crippen molar-refractivity contribution in [1.29, 1.82) is 0 Å². The molecule has 1 aromatic rings. The van der Waals surface area contributed by atoms with Crippen molar-refractivity contribution in [3.8, 4) is 0 Å². The topological polar surface area (TPSA) is 55.1 Å². The zero-order valence-electron chi connectivity index (χ0n) is 9.55. The van der Waals surface area contributed by atoms with Crippen molar-refractivity contribution in [2.24, 2.45) is 5.73 Å². The fourth-order valence-electron chi connectivity index (χ4n) is 1.45. The number of halogens is 1. The number of carbonyl (C=O) groups excluding carboxylic acids is 1. The van der Waals surface area contributed by atoms with Gasteiger partial charge in [0.25, 0.3) is 0 Å². The summed E-state index contributed by atoms with van der Waals surface area (Å²) in [5.74, 6) is -0.0844. The van der Waals surface area contributed by atoms with Crippen LogP contribution >= 0.6 is 27.3 Å². The molecule has 3 nitrogen and oxygen atoms in total. The lowest BCUT2D eigenvalue weighted by atomic mass is 9.96. The van der Waals surface area contributed by atoms with Crippen LogP contribution in [0.5, 0.6) is 0 Å². The highest BCUT2D eigenvalue weighted by Gasteiger charge is 2.26. The summed E-state index contributed by atoms with van der Waals surface area (Å²) in [6, 6.07) is 2.00. The highest BCUT2D eigenvalue weighted by atomic mass is 79.9. The van der Waals surface area contributed by atoms with Gasteiger partial charge < -0.3 is 11.1 Å². The van der Waals surface area contributed by atoms with Crippen molar-refractivity contribution in [3.63, 3.8) is 0 Å². The van der Waals surface area contributed by atoms with Gasteiger partial charge in [-0.05, 0) is 35.3 Å². The second-order valence-corrected chi connectivity index (χ2v) is 5.99. The number of nitrogens with two attached hydrogens (primary N) is 1. The fourth-order valence-corrected chi connectivity index (χ4v) is 2.84. The molecule has 0 aliphatic carbocycles. The van der Waals surface area contributed by atoms with E-state index in [1.165, 1.54) is 0 Å². The van der Waals surface area contributed by atoms with E-state index in [0.717, 1.165) is 15.8 Å². The van der Waals surface area contributed by atoms with Gasteiger partial charge in [0.2, 0.25) is 5.91 Å². The lowest BCUT2D eigenvalue weighted by Gasteiger charge is -2.22. The quantitative estimate of drug-likeness (QED) is 0.878. The van der Waals surface area contributed by atoms with Gasteiger partial charge in [0.15, 0.2) is 0 Å². The van der Waals surface area contributed by atoms with Crippen molar-refractivity contribution in [3.05, 3.63) is 20.8 Å². The molecule has 1 aromatic heterocycles. The van der Waals surface area contributed by atoms with E-state index in [-0.39, 0.29) is 5.91 Å². The van der Waals surface area contributed by atoms with Gasteiger partial charge in [-0.1, -0.05) is 13.3 Å². The summed E-state index contributed by atoms with van der Waals surface area (Å²) < 4.78 is 1.05. The van der Waals surface area contributed by atoms with Crippen LogP contribution in [-0.4, -0.2) is 11.4 Å². The van der Waals surface area contributed by atoms with Crippen molar-refractivity contribution in [2.75, 3.05) is 0 Å². The number of amides is 1. The normalized spacial score (nSPS) is 14.5. The van der Waals surface area contributed by atoms with Crippen LogP contribution in [0.3, 0.4) is 0 Å². The zero-order valence-corrected chi connectivity index (χ0v) is 12.0. The summed E-state index contributed by atoms with van der Waals surface area (Å²) in [5.41, 5.74) is 5.16. The Hall–Kier alpha value is -0.390. The molecular formula is C11H17BrN2OS. The number of carbonyl (C=O) groups is 1. The molecule has 1 rings (SSSR count). The Kier molecular flexibility index (Phi) is 4.95. The smallest absolute Gasteiger partial charge is 0.240 e. The highest BCUT2D eigenvalue weighted by molar-refractivity contribution is 9.10. The molecule has 3 N–H and O–H groups in total. The molecule has 5 heteroatoms. The van der Waals surface area contributed by atoms with Crippen LogP contribution in [0, 0.1) is 0 Å². The summed E-state index contributed by atoms with van der Waals surface area (Å²) in [6.45, 7) is 4.34. The van der Waals surface area contributed by atoms with Crippen LogP contribution in [0.2, 0.25) is 0 Å². The van der Waals surface area contributed by atoms with E-state index >= 15 is 0 Å². The number of nitrogens with one attached hydrogen (secondary N) is 1. The SMILES string of the molecule is CCCC(C)(N)C(=O)NCc1cc(Br)cs1. The first-order valence-electron chi connectivity index (χ1n) is 5.26. The van der Waals surface area contributed by atoms with E-state index in [4.69, 9.17) is 5.73 Å². The number of thiophene rings is 1. The molecule has 0 spiro atoms. The van der Waals surface area contributed by atoms with Crippen LogP contribution in [0.4, 0.5) is 0 Å². The molecule has 0 saturated carbocycles. The van der Waals surface area contributed by atoms with Gasteiger partial charge in [0.1, 0.15) is 0 Å². The molecule has 0 saturated heterocycles. The molecule has 0 radical (unpaired) electrons. The Bertz CT molecular complexity index is 363. The summed E-state index contributed by atoms with van der Waals surface area (Å²) in [7, 11) is 0. The molecule has 0 fully saturated rings. The first kappa shape index (κ1) is 13.7. The molecule has 16 heavy (non-hydrogen) atoms. The maximum absolute atomic E-state index is 11.8. The molecule has 1 unspecified atom stereocenters. The predicted octanol–water partition coefficient (Wildman–Crippen LogP) is 2.64. The van der Waals surface area contributed by atoms with E-state index in [1.807, 2.05) is 18.4 Å². The predicted molar refractivity (Wildman–Crippen MR) is 71.4 cm³/mol. The second-order valence-electron chi connectivity index (χ2n) is 4.08. The lowest BCUT2D eigenvalue weighted by Crippen LogP contribution is -2.51. The van der Waals surface area contributed by atoms with Gasteiger partial charge in [0.05, 0.1) is 12.1 Å². The summed E-state index contributed by atoms with van der Waals surface area (Å²) in [6.07, 6.45) is 1.61. The first-order valence-corrected chi connectivity index (χ1v) is 6.93. The van der Waals surface area contributed by atoms with Gasteiger partial charge in [-0.15, -0.1) is 11.3 Å². The Morgan fingerprint density at radius 1 is 1.69 bits per heavy atom. The largest absolute Gasteiger partial charge is 0.350 e. The van der Waals surface area contributed by atoms with Crippen LogP contribution in [-0.2, 0) is 11.3 Å². The average molecular weight is 305 g/mol. The molecule has 90 valence electrons. The third kappa shape index (κ3) is 3.88. The maximum atomic E-state index is 11.8. The van der Waals surface area contributed by atoms with Crippen LogP contribution in [0.1, 0.15) is 31.6 Å². The minimum atomic E-state index is -0.761. The van der Waals surface area contributed by atoms with Crippen molar-refractivity contribution < 1.29 is 4.79 Å². The molecule has 0 aliphatic heterocycles. The van der Waals surface area contributed by atoms with Gasteiger partial charge in [-0.3, -0.25) is 4.79 Å². The first-order chi connectivity index (χ1) is 7.45. The van der Waals surface area contributed by atoms with E-state index in [9.17, 15) is 4.79 Å². The van der Waals surface area contributed by atoms with Gasteiger partial charge in [-0.25, -0.2) is 0 Å². The summed E-state index contributed by atoms with van der Waals surface area (Å²) in [4.78, 5) is 12.9. The lowest BCUT2D eigenvalue weighted by molar-refractivity contribution is -0.126. The number of hydrogen-bond acceptors (Lipinski definition) is 3. The molecular weight excluding hydrogens is 288 g/mol. The third-order valence-corrected chi connectivity index (χ3v) is 4.03. The van der Waals surface area contributed by atoms with E-state index in [0.29, 0.717) is 13.0 Å². The highest BCUT2D eigenvalue weighted by Crippen LogP contribution is 2.19. The minimum Gasteiger partial charge on any atom is -0.350 e. The molecule has 1 heterocycles. The van der Waals surface area contributed by atoms with E-state index < -0.39 is 5.54 Å². The van der Waals surface area contributed by atoms with Gasteiger partial charge in [-0.2, -0.15) is 0 Å². The molecule has 0 aliphatic rings. The third-order valence-electron chi connectivity index (χ3n) is 2.33. The van der Waals surface area contributed by atoms with Crippen LogP contribution in [0.15, 0.2) is 15.9 Å². The van der Waals surface area contributed by atoms with Gasteiger partial charge in [0, 0.05) is 14.7 Å². The fraction of sp³-hybridized carbons (Fsp3) is 0.545. The van der Waals surface area contributed by atoms with Crippen molar-refractivity contribution in [1.82, 2.24) is 5.32 Å². The molecule has 0 bridgehead atoms. The minimum absolute atomic E-state index is 0.0844. The molecule has 1 atom stereocenters. The van der Waals surface area contributed by atoms with Crippen LogP contribution in [0.25, 0.3) is 0 Å². The Morgan fingerprint density at radius 3 is 2.88 bits per heavy atom. The van der Waals surface area contributed by atoms with Crippen molar-refractivity contribution in [2.45, 2.75) is 38.8 Å². The molecule has 0 aromatic carbocycles. The second kappa shape index (κ2) is 5.80. The maximum Gasteiger partial charge on any atom is 0.240 e. The average Bonchev–Trinajstić information content (AvgIpc) is 2.60. The monoisotopic (exact) mass is 304 g/mol. The Morgan fingerprint density at radius 2 is 2.38 bits per heavy atom. The van der Waals surface area contributed by atoms with E-state index in [1.54, 1.807) is 18.3 Å². The molecule has 1 amide bonds. The Balaban J connectivity index is 2.46. The van der Waals surface area contributed by atoms with Crippen LogP contribution < -0.4 is 11.1 Å². The summed E-state index contributed by atoms with van der Waals surface area (Å²) >= 11 is 4.99. The number of rotatable bonds is 5. The zero-order chi connectivity index (χ0) is 12.2. The van der Waals surface area contributed by atoms with Crippen molar-refractivity contribution >= 4 is 33.2 Å². The summed E-state index contributed by atoms with van der Waals surface area (Å²) in [5, 5.41) is 4.86. The van der Waals surface area contributed by atoms with E-state index in [2.05, 4.69) is 21.2 Å².